The van der Waals surface area contributed by atoms with Crippen molar-refractivity contribution in [3.63, 3.8) is 0 Å². The topological polar surface area (TPSA) is 80.6 Å². The highest BCUT2D eigenvalue weighted by atomic mass is 16.4. The van der Waals surface area contributed by atoms with Crippen LogP contribution < -0.4 is 5.73 Å². The number of carbonyl (C=O) groups is 1. The van der Waals surface area contributed by atoms with E-state index >= 15 is 0 Å². The second-order valence-corrected chi connectivity index (χ2v) is 3.25. The highest BCUT2D eigenvalue weighted by Gasteiger charge is 2.15. The number of nitrogens with two attached hydrogens (primary N) is 1. The van der Waals surface area contributed by atoms with Gasteiger partial charge in [0.15, 0.2) is 5.69 Å². The minimum absolute atomic E-state index is 0.0548. The molecule has 0 saturated heterocycles. The average molecular weight is 205 g/mol. The number of carboxylic acid groups (broad SMARTS) is 1. The third-order valence-corrected chi connectivity index (χ3v) is 2.26. The van der Waals surface area contributed by atoms with Crippen LogP contribution in [-0.2, 0) is 6.42 Å². The minimum Gasteiger partial charge on any atom is -0.476 e. The summed E-state index contributed by atoms with van der Waals surface area (Å²) in [6, 6.07) is 3.34. The Morgan fingerprint density at radius 1 is 1.67 bits per heavy atom. The van der Waals surface area contributed by atoms with Crippen LogP contribution in [0.2, 0.25) is 0 Å². The summed E-state index contributed by atoms with van der Waals surface area (Å²) in [5.41, 5.74) is 6.74. The van der Waals surface area contributed by atoms with Gasteiger partial charge in [-0.3, -0.25) is 0 Å². The number of nitrogen functional groups attached to an aromatic ring is 1. The molecule has 0 spiro atoms. The zero-order valence-electron chi connectivity index (χ0n) is 8.27. The van der Waals surface area contributed by atoms with Crippen molar-refractivity contribution < 1.29 is 9.90 Å². The van der Waals surface area contributed by atoms with E-state index in [4.69, 9.17) is 10.8 Å². The summed E-state index contributed by atoms with van der Waals surface area (Å²) in [5.74, 6) is -0.305. The number of anilines is 1. The fourth-order valence-electron chi connectivity index (χ4n) is 1.57. The van der Waals surface area contributed by atoms with Gasteiger partial charge in [0, 0.05) is 18.3 Å². The van der Waals surface area contributed by atoms with Crippen LogP contribution >= 0.6 is 0 Å². The summed E-state index contributed by atoms with van der Waals surface area (Å²) in [6.45, 7) is 1.93. The first-order chi connectivity index (χ1) is 7.13. The quantitative estimate of drug-likeness (QED) is 0.771. The molecule has 0 fully saturated rings. The zero-order chi connectivity index (χ0) is 11.0. The Labute approximate surface area is 86.2 Å². The maximum Gasteiger partial charge on any atom is 0.356 e. The summed E-state index contributed by atoms with van der Waals surface area (Å²) in [4.78, 5) is 15.0. The standard InChI is InChI=1S/C10H11N3O2/c1-2-8-12-9(10(14)15)7-5-6(11)3-4-13(7)8/h3-5H,2,11H2,1H3,(H,14,15). The van der Waals surface area contributed by atoms with E-state index < -0.39 is 5.97 Å². The van der Waals surface area contributed by atoms with Gasteiger partial charge >= 0.3 is 5.97 Å². The highest BCUT2D eigenvalue weighted by molar-refractivity contribution is 5.94. The number of aromatic nitrogens is 2. The number of aryl methyl sites for hydroxylation is 1. The van der Waals surface area contributed by atoms with Crippen LogP contribution in [0.5, 0.6) is 0 Å². The molecule has 5 nitrogen and oxygen atoms in total. The van der Waals surface area contributed by atoms with Gasteiger partial charge in [0.25, 0.3) is 0 Å². The molecule has 15 heavy (non-hydrogen) atoms. The molecule has 0 bridgehead atoms. The summed E-state index contributed by atoms with van der Waals surface area (Å²) in [6.07, 6.45) is 2.42. The fraction of sp³-hybridized carbons (Fsp3) is 0.200. The van der Waals surface area contributed by atoms with Crippen molar-refractivity contribution in [1.29, 1.82) is 0 Å². The van der Waals surface area contributed by atoms with Gasteiger partial charge in [-0.05, 0) is 12.1 Å². The Kier molecular flexibility index (Phi) is 2.07. The predicted molar refractivity (Wildman–Crippen MR) is 55.9 cm³/mol. The number of hydrogen-bond acceptors (Lipinski definition) is 3. The Balaban J connectivity index is 2.81. The Morgan fingerprint density at radius 3 is 3.00 bits per heavy atom. The molecule has 78 valence electrons. The average Bonchev–Trinajstić information content (AvgIpc) is 2.55. The first-order valence-corrected chi connectivity index (χ1v) is 4.63. The fourth-order valence-corrected chi connectivity index (χ4v) is 1.57. The molecule has 0 aromatic carbocycles. The summed E-state index contributed by atoms with van der Waals surface area (Å²) >= 11 is 0. The van der Waals surface area contributed by atoms with E-state index in [0.717, 1.165) is 5.82 Å². The van der Waals surface area contributed by atoms with E-state index in [-0.39, 0.29) is 5.69 Å². The van der Waals surface area contributed by atoms with Crippen LogP contribution in [0.1, 0.15) is 23.2 Å². The Morgan fingerprint density at radius 2 is 2.40 bits per heavy atom. The molecule has 0 saturated carbocycles. The van der Waals surface area contributed by atoms with Gasteiger partial charge in [-0.25, -0.2) is 9.78 Å². The van der Waals surface area contributed by atoms with Crippen LogP contribution in [0.25, 0.3) is 5.52 Å². The van der Waals surface area contributed by atoms with Crippen LogP contribution in [0.4, 0.5) is 5.69 Å². The van der Waals surface area contributed by atoms with E-state index in [1.54, 1.807) is 22.7 Å². The number of nitrogens with zero attached hydrogens (tertiary/aromatic N) is 2. The minimum atomic E-state index is -1.03. The van der Waals surface area contributed by atoms with Crippen LogP contribution in [0, 0.1) is 0 Å². The second kappa shape index (κ2) is 3.27. The van der Waals surface area contributed by atoms with E-state index in [2.05, 4.69) is 4.98 Å². The zero-order valence-corrected chi connectivity index (χ0v) is 8.27. The molecule has 0 aliphatic heterocycles. The van der Waals surface area contributed by atoms with Crippen LogP contribution in [-0.4, -0.2) is 20.5 Å². The van der Waals surface area contributed by atoms with Crippen molar-refractivity contribution in [3.8, 4) is 0 Å². The van der Waals surface area contributed by atoms with Gasteiger partial charge in [-0.15, -0.1) is 0 Å². The number of imidazole rings is 1. The molecule has 0 atom stereocenters. The summed E-state index contributed by atoms with van der Waals surface area (Å²) < 4.78 is 1.75. The molecule has 0 aliphatic rings. The predicted octanol–water partition coefficient (Wildman–Crippen LogP) is 1.18. The molecule has 0 aliphatic carbocycles. The van der Waals surface area contributed by atoms with Crippen molar-refractivity contribution >= 4 is 17.2 Å². The molecule has 0 unspecified atom stereocenters. The molecule has 0 radical (unpaired) electrons. The SMILES string of the molecule is CCc1nc(C(=O)O)c2cc(N)ccn12. The molecule has 2 aromatic rings. The molecule has 2 rings (SSSR count). The van der Waals surface area contributed by atoms with Crippen molar-refractivity contribution in [1.82, 2.24) is 9.38 Å². The maximum absolute atomic E-state index is 10.9. The first-order valence-electron chi connectivity index (χ1n) is 4.63. The van der Waals surface area contributed by atoms with E-state index in [9.17, 15) is 4.79 Å². The molecule has 2 aromatic heterocycles. The lowest BCUT2D eigenvalue weighted by atomic mass is 10.3. The molecule has 5 heteroatoms. The number of rotatable bonds is 2. The van der Waals surface area contributed by atoms with Gasteiger partial charge in [0.1, 0.15) is 5.82 Å². The molecule has 2 heterocycles. The third kappa shape index (κ3) is 1.41. The molecule has 3 N–H and O–H groups in total. The lowest BCUT2D eigenvalue weighted by molar-refractivity contribution is 0.0693. The Bertz CT molecular complexity index is 531. The number of aromatic carboxylic acids is 1. The van der Waals surface area contributed by atoms with E-state index in [1.807, 2.05) is 6.92 Å². The van der Waals surface area contributed by atoms with Crippen molar-refractivity contribution in [2.75, 3.05) is 5.73 Å². The normalized spacial score (nSPS) is 10.7. The van der Waals surface area contributed by atoms with Gasteiger partial charge in [0.2, 0.25) is 0 Å². The van der Waals surface area contributed by atoms with Crippen LogP contribution in [0.3, 0.4) is 0 Å². The third-order valence-electron chi connectivity index (χ3n) is 2.26. The largest absolute Gasteiger partial charge is 0.476 e. The van der Waals surface area contributed by atoms with Gasteiger partial charge in [-0.1, -0.05) is 6.92 Å². The first kappa shape index (κ1) is 9.51. The van der Waals surface area contributed by atoms with Gasteiger partial charge in [-0.2, -0.15) is 0 Å². The number of hydrogen-bond donors (Lipinski definition) is 2. The monoisotopic (exact) mass is 205 g/mol. The van der Waals surface area contributed by atoms with Crippen molar-refractivity contribution in [2.24, 2.45) is 0 Å². The number of fused-ring (bicyclic) bond motifs is 1. The smallest absolute Gasteiger partial charge is 0.356 e. The van der Waals surface area contributed by atoms with Crippen molar-refractivity contribution in [3.05, 3.63) is 29.8 Å². The number of pyridine rings is 1. The molecule has 0 amide bonds. The van der Waals surface area contributed by atoms with Crippen molar-refractivity contribution in [2.45, 2.75) is 13.3 Å². The lowest BCUT2D eigenvalue weighted by Crippen LogP contribution is -1.97. The summed E-state index contributed by atoms with van der Waals surface area (Å²) in [7, 11) is 0. The Hall–Kier alpha value is -2.04. The lowest BCUT2D eigenvalue weighted by Gasteiger charge is -1.98. The second-order valence-electron chi connectivity index (χ2n) is 3.25. The number of carboxylic acids is 1. The van der Waals surface area contributed by atoms with Gasteiger partial charge < -0.3 is 15.2 Å². The van der Waals surface area contributed by atoms with Gasteiger partial charge in [0.05, 0.1) is 5.52 Å². The van der Waals surface area contributed by atoms with E-state index in [1.165, 1.54) is 0 Å². The molecular weight excluding hydrogens is 194 g/mol. The van der Waals surface area contributed by atoms with Crippen LogP contribution in [0.15, 0.2) is 18.3 Å². The molecular formula is C10H11N3O2. The van der Waals surface area contributed by atoms with E-state index in [0.29, 0.717) is 17.6 Å². The highest BCUT2D eigenvalue weighted by Crippen LogP contribution is 2.16. The summed E-state index contributed by atoms with van der Waals surface area (Å²) in [5, 5.41) is 8.97. The maximum atomic E-state index is 10.9.